The average molecular weight is 417 g/mol. The smallest absolute Gasteiger partial charge is 0.268 e. The van der Waals surface area contributed by atoms with E-state index in [9.17, 15) is 10.1 Å². The van der Waals surface area contributed by atoms with Gasteiger partial charge in [-0.25, -0.2) is 0 Å². The molecule has 2 atom stereocenters. The zero-order valence-electron chi connectivity index (χ0n) is 15.8. The molecule has 0 spiro atoms. The molecule has 7 heteroatoms. The van der Waals surface area contributed by atoms with E-state index in [0.717, 1.165) is 5.56 Å². The Morgan fingerprint density at radius 3 is 2.50 bits per heavy atom. The molecular formula is C23H17ClN4O2. The van der Waals surface area contributed by atoms with Gasteiger partial charge in [-0.1, -0.05) is 59.2 Å². The number of nitrogens with one attached hydrogen (secondary N) is 1. The highest BCUT2D eigenvalue weighted by Crippen LogP contribution is 2.36. The molecule has 0 saturated heterocycles. The first-order chi connectivity index (χ1) is 14.6. The third-order valence-corrected chi connectivity index (χ3v) is 5.35. The number of benzene rings is 2. The molecule has 0 bridgehead atoms. The molecule has 2 unspecified atom stereocenters. The van der Waals surface area contributed by atoms with Crippen molar-refractivity contribution in [1.82, 2.24) is 4.98 Å². The van der Waals surface area contributed by atoms with E-state index in [4.69, 9.17) is 16.4 Å². The minimum Gasteiger partial charge on any atom is -0.382 e. The van der Waals surface area contributed by atoms with Crippen molar-refractivity contribution in [3.8, 4) is 6.07 Å². The summed E-state index contributed by atoms with van der Waals surface area (Å²) in [4.78, 5) is 20.6. The first kappa shape index (κ1) is 19.6. The van der Waals surface area contributed by atoms with E-state index >= 15 is 0 Å². The van der Waals surface area contributed by atoms with E-state index < -0.39 is 11.0 Å². The van der Waals surface area contributed by atoms with Gasteiger partial charge in [0.2, 0.25) is 6.10 Å². The maximum atomic E-state index is 12.5. The normalized spacial score (nSPS) is 17.2. The van der Waals surface area contributed by atoms with Gasteiger partial charge in [-0.15, -0.1) is 0 Å². The third kappa shape index (κ3) is 3.88. The molecule has 1 aliphatic heterocycles. The van der Waals surface area contributed by atoms with Crippen molar-refractivity contribution in [2.24, 2.45) is 5.16 Å². The monoisotopic (exact) mass is 416 g/mol. The van der Waals surface area contributed by atoms with Crippen LogP contribution in [-0.2, 0) is 14.5 Å². The Bertz CT molecular complexity index is 1110. The maximum Gasteiger partial charge on any atom is 0.268 e. The molecule has 148 valence electrons. The Morgan fingerprint density at radius 1 is 1.10 bits per heavy atom. The molecule has 2 heterocycles. The van der Waals surface area contributed by atoms with Gasteiger partial charge >= 0.3 is 0 Å². The van der Waals surface area contributed by atoms with Crippen LogP contribution in [0.15, 0.2) is 84.3 Å². The topological polar surface area (TPSA) is 87.4 Å². The number of pyridine rings is 1. The molecule has 30 heavy (non-hydrogen) atoms. The first-order valence-electron chi connectivity index (χ1n) is 9.30. The Hall–Kier alpha value is -3.69. The van der Waals surface area contributed by atoms with Gasteiger partial charge in [0.15, 0.2) is 4.87 Å². The summed E-state index contributed by atoms with van der Waals surface area (Å²) >= 11 is 6.62. The molecule has 1 aliphatic rings. The van der Waals surface area contributed by atoms with E-state index in [-0.39, 0.29) is 5.91 Å². The van der Waals surface area contributed by atoms with E-state index in [1.54, 1.807) is 42.7 Å². The van der Waals surface area contributed by atoms with Crippen molar-refractivity contribution in [3.63, 3.8) is 0 Å². The number of rotatable bonds is 5. The van der Waals surface area contributed by atoms with Crippen LogP contribution in [-0.4, -0.2) is 22.7 Å². The largest absolute Gasteiger partial charge is 0.382 e. The Morgan fingerprint density at radius 2 is 1.83 bits per heavy atom. The Balaban J connectivity index is 1.43. The van der Waals surface area contributed by atoms with Crippen LogP contribution in [0, 0.1) is 11.3 Å². The maximum absolute atomic E-state index is 12.5. The van der Waals surface area contributed by atoms with E-state index in [0.29, 0.717) is 28.9 Å². The lowest BCUT2D eigenvalue weighted by Gasteiger charge is -2.20. The first-order valence-corrected chi connectivity index (χ1v) is 9.68. The molecule has 0 aliphatic carbocycles. The van der Waals surface area contributed by atoms with Crippen molar-refractivity contribution < 1.29 is 9.63 Å². The molecule has 4 rings (SSSR count). The van der Waals surface area contributed by atoms with Crippen LogP contribution < -0.4 is 5.32 Å². The number of carbonyl (C=O) groups excluding carboxylic acids is 1. The second-order valence-electron chi connectivity index (χ2n) is 6.78. The fourth-order valence-corrected chi connectivity index (χ4v) is 3.44. The summed E-state index contributed by atoms with van der Waals surface area (Å²) < 4.78 is 0. The summed E-state index contributed by atoms with van der Waals surface area (Å²) in [5.41, 5.74) is 3.39. The van der Waals surface area contributed by atoms with Gasteiger partial charge in [0.1, 0.15) is 0 Å². The van der Waals surface area contributed by atoms with E-state index in [2.05, 4.69) is 21.5 Å². The Kier molecular flexibility index (Phi) is 5.46. The van der Waals surface area contributed by atoms with Gasteiger partial charge in [0.25, 0.3) is 5.91 Å². The number of hydrogen-bond acceptors (Lipinski definition) is 5. The van der Waals surface area contributed by atoms with Gasteiger partial charge in [-0.2, -0.15) is 5.26 Å². The third-order valence-electron chi connectivity index (χ3n) is 4.83. The Labute approximate surface area is 178 Å². The number of oxime groups is 1. The predicted molar refractivity (Wildman–Crippen MR) is 114 cm³/mol. The van der Waals surface area contributed by atoms with Crippen molar-refractivity contribution in [1.29, 1.82) is 5.26 Å². The molecule has 0 radical (unpaired) electrons. The number of carbonyl (C=O) groups is 1. The van der Waals surface area contributed by atoms with Crippen molar-refractivity contribution >= 4 is 28.9 Å². The fraction of sp³-hybridized carbons (Fsp3) is 0.130. The van der Waals surface area contributed by atoms with Crippen molar-refractivity contribution in [3.05, 3.63) is 95.8 Å². The van der Waals surface area contributed by atoms with Gasteiger partial charge < -0.3 is 10.2 Å². The van der Waals surface area contributed by atoms with Crippen LogP contribution >= 0.6 is 11.6 Å². The molecule has 3 aromatic rings. The van der Waals surface area contributed by atoms with Gasteiger partial charge in [-0.05, 0) is 35.4 Å². The molecule has 6 nitrogen and oxygen atoms in total. The number of hydrogen-bond donors (Lipinski definition) is 1. The molecule has 1 N–H and O–H groups in total. The van der Waals surface area contributed by atoms with E-state index in [1.807, 2.05) is 36.4 Å². The minimum atomic E-state index is -1.30. The molecule has 1 amide bonds. The quantitative estimate of drug-likeness (QED) is 0.631. The summed E-state index contributed by atoms with van der Waals surface area (Å²) in [5.74, 6) is -0.300. The lowest BCUT2D eigenvalue weighted by molar-refractivity contribution is -0.125. The van der Waals surface area contributed by atoms with Gasteiger partial charge in [-0.3, -0.25) is 9.78 Å². The zero-order valence-corrected chi connectivity index (χ0v) is 16.6. The van der Waals surface area contributed by atoms with Crippen LogP contribution in [0.5, 0.6) is 0 Å². The van der Waals surface area contributed by atoms with Crippen LogP contribution in [0.1, 0.15) is 23.1 Å². The van der Waals surface area contributed by atoms with Crippen LogP contribution in [0.25, 0.3) is 0 Å². The number of amides is 1. The second kappa shape index (κ2) is 8.36. The highest BCUT2D eigenvalue weighted by Gasteiger charge is 2.32. The SMILES string of the molecule is N#CC(Cl)(c1ccccc1)c1ccc(NC(=O)C2CC(c3cccnc3)=NO2)cc1. The van der Waals surface area contributed by atoms with Gasteiger partial charge in [0, 0.05) is 30.1 Å². The number of aromatic nitrogens is 1. The number of halogens is 1. The predicted octanol–water partition coefficient (Wildman–Crippen LogP) is 4.22. The highest BCUT2D eigenvalue weighted by atomic mass is 35.5. The summed E-state index contributed by atoms with van der Waals surface area (Å²) in [6, 6.07) is 21.9. The number of alkyl halides is 1. The van der Waals surface area contributed by atoms with Crippen LogP contribution in [0.3, 0.4) is 0 Å². The van der Waals surface area contributed by atoms with Gasteiger partial charge in [0.05, 0.1) is 11.8 Å². The second-order valence-corrected chi connectivity index (χ2v) is 7.35. The lowest BCUT2D eigenvalue weighted by atomic mass is 9.91. The van der Waals surface area contributed by atoms with Crippen molar-refractivity contribution in [2.45, 2.75) is 17.4 Å². The van der Waals surface area contributed by atoms with Crippen LogP contribution in [0.4, 0.5) is 5.69 Å². The summed E-state index contributed by atoms with van der Waals surface area (Å²) in [6.45, 7) is 0. The fourth-order valence-electron chi connectivity index (χ4n) is 3.19. The molecule has 0 fully saturated rings. The minimum absolute atomic E-state index is 0.300. The number of nitrogens with zero attached hydrogens (tertiary/aromatic N) is 3. The van der Waals surface area contributed by atoms with E-state index in [1.165, 1.54) is 0 Å². The van der Waals surface area contributed by atoms with Crippen molar-refractivity contribution in [2.75, 3.05) is 5.32 Å². The van der Waals surface area contributed by atoms with Crippen LogP contribution in [0.2, 0.25) is 0 Å². The molecule has 2 aromatic carbocycles. The zero-order chi connectivity index (χ0) is 21.0. The lowest BCUT2D eigenvalue weighted by Crippen LogP contribution is -2.28. The summed E-state index contributed by atoms with van der Waals surface area (Å²) in [5, 5.41) is 16.5. The molecule has 1 aromatic heterocycles. The molecule has 0 saturated carbocycles. The average Bonchev–Trinajstić information content (AvgIpc) is 3.31. The highest BCUT2D eigenvalue weighted by molar-refractivity contribution is 6.28. The number of anilines is 1. The standard InChI is InChI=1S/C23H17ClN4O2/c24-23(15-25,17-6-2-1-3-7-17)18-8-10-19(11-9-18)27-22(29)21-13-20(28-30-21)16-5-4-12-26-14-16/h1-12,14,21H,13H2,(H,27,29). The summed E-state index contributed by atoms with van der Waals surface area (Å²) in [7, 11) is 0. The number of nitriles is 1. The molecular weight excluding hydrogens is 400 g/mol. The summed E-state index contributed by atoms with van der Waals surface area (Å²) in [6.07, 6.45) is 3.01.